The maximum Gasteiger partial charge on any atom is 0.326 e. The van der Waals surface area contributed by atoms with Gasteiger partial charge in [-0.1, -0.05) is 71.9 Å². The van der Waals surface area contributed by atoms with Crippen LogP contribution >= 0.6 is 0 Å². The number of carboxylic acids is 2. The molecule has 0 spiro atoms. The lowest BCUT2D eigenvalue weighted by atomic mass is 10.00. The molecule has 1 aromatic carbocycles. The summed E-state index contributed by atoms with van der Waals surface area (Å²) in [4.78, 5) is 294. The van der Waals surface area contributed by atoms with Crippen LogP contribution in [0.5, 0.6) is 0 Å². The molecular formula is C87H146N30O23. The molecule has 0 bridgehead atoms. The van der Waals surface area contributed by atoms with Crippen LogP contribution in [-0.2, 0) is 114 Å². The molecule has 15 unspecified atom stereocenters. The summed E-state index contributed by atoms with van der Waals surface area (Å²) in [6.45, 7) is 11.7. The summed E-state index contributed by atoms with van der Waals surface area (Å²) in [6.07, 6.45) is -0.861. The smallest absolute Gasteiger partial charge is 0.326 e. The second kappa shape index (κ2) is 65.5. The molecule has 0 radical (unpaired) electrons. The predicted octanol–water partition coefficient (Wildman–Crippen LogP) is -8.75. The van der Waals surface area contributed by atoms with Crippen LogP contribution in [0.4, 0.5) is 0 Å². The molecule has 782 valence electrons. The number of nitrogens with one attached hydrogen (secondary N) is 21. The summed E-state index contributed by atoms with van der Waals surface area (Å²) in [5, 5.41) is 79.6. The van der Waals surface area contributed by atoms with Crippen molar-refractivity contribution in [1.82, 2.24) is 106 Å². The zero-order chi connectivity index (χ0) is 105. The van der Waals surface area contributed by atoms with Gasteiger partial charge < -0.3 is 157 Å². The standard InChI is InChI=1S/C87H146N30O23/c1-45(2)38-59(112-72(126)49(8)104-67(122)43-101-73(127)52(22-12-15-33-88)106-74(128)55(25-18-36-99-86(94)95)105-71(125)48(7)103-66(121)31-27-50-20-10-9-11-21-50)80(134)108-56(26-19-37-100-87(96)97)75(129)109-57(28-30-63(91)118)78(132)107-53(23-13-16-34-89)76(130)113-61(40-64(92)119)82(136)117-70(47(5)6)84(138)114-60(39-51-42-98-44-102-51)81(135)110-58(29-32-68(123)124)79(133)116-69(46(3)4)83(137)111-54(24-14-17-35-90)77(131)115-62(85(139)140)41-65(93)120/h9-11,20-21,42,44-49,52-62,69-70H,12-19,22-41,43,88-90H2,1-8H3,(H2,91,118)(H2,92,119)(H2,93,120)(H,98,102)(H,101,127)(H,103,121)(H,104,122)(H,105,125)(H,106,128)(H,107,132)(H,108,134)(H,109,129)(H,110,135)(H,111,137)(H,112,126)(H,113,130)(H,114,138)(H,115,131)(H,116,133)(H,117,136)(H,123,124)(H,139,140)(H4,94,95,99)(H4,96,97,100). The lowest BCUT2D eigenvalue weighted by molar-refractivity contribution is -0.144. The number of rotatable bonds is 71. The van der Waals surface area contributed by atoms with Gasteiger partial charge in [0, 0.05) is 50.7 Å². The van der Waals surface area contributed by atoms with Crippen molar-refractivity contribution in [2.24, 2.45) is 63.6 Å². The number of aryl methyl sites for hydroxylation is 1. The molecule has 2 rings (SSSR count). The first kappa shape index (κ1) is 122. The average Bonchev–Trinajstić information content (AvgIpc) is 1.06. The van der Waals surface area contributed by atoms with Crippen molar-refractivity contribution in [3.63, 3.8) is 0 Å². The number of aromatic nitrogens is 2. The monoisotopic (exact) mass is 1980 g/mol. The van der Waals surface area contributed by atoms with Crippen molar-refractivity contribution in [2.45, 2.75) is 294 Å². The van der Waals surface area contributed by atoms with Crippen LogP contribution in [0.2, 0.25) is 0 Å². The molecule has 53 nitrogen and oxygen atoms in total. The summed E-state index contributed by atoms with van der Waals surface area (Å²) in [5.74, 6) is -25.0. The number of aliphatic carboxylic acids is 2. The molecule has 19 amide bonds. The Morgan fingerprint density at radius 3 is 1.10 bits per heavy atom. The highest BCUT2D eigenvalue weighted by atomic mass is 16.4. The first-order chi connectivity index (χ1) is 66.0. The molecule has 15 atom stereocenters. The topological polar surface area (TPSA) is 900 Å². The summed E-state index contributed by atoms with van der Waals surface area (Å²) >= 11 is 0. The number of hydrogen-bond acceptors (Lipinski definition) is 27. The van der Waals surface area contributed by atoms with Crippen molar-refractivity contribution in [2.75, 3.05) is 39.3 Å². The second-order valence-corrected chi connectivity index (χ2v) is 34.8. The highest BCUT2D eigenvalue weighted by molar-refractivity contribution is 6.02. The molecule has 0 saturated heterocycles. The van der Waals surface area contributed by atoms with Crippen molar-refractivity contribution in [3.05, 3.63) is 54.1 Å². The zero-order valence-corrected chi connectivity index (χ0v) is 80.5. The number of H-pyrrole nitrogens is 1. The molecule has 1 heterocycles. The number of amides is 19. The van der Waals surface area contributed by atoms with Crippen LogP contribution in [0.15, 0.2) is 42.9 Å². The van der Waals surface area contributed by atoms with Gasteiger partial charge in [-0.25, -0.2) is 9.78 Å². The van der Waals surface area contributed by atoms with Crippen LogP contribution in [0, 0.1) is 28.6 Å². The average molecular weight is 1980 g/mol. The number of nitrogens with two attached hydrogens (primary N) is 8. The molecule has 0 fully saturated rings. The quantitative estimate of drug-likeness (QED) is 0.0166. The van der Waals surface area contributed by atoms with E-state index in [4.69, 9.17) is 56.7 Å². The fourth-order valence-corrected chi connectivity index (χ4v) is 13.8. The maximum atomic E-state index is 14.7. The Kier molecular flexibility index (Phi) is 57.0. The largest absolute Gasteiger partial charge is 0.481 e. The number of primary amides is 3. The van der Waals surface area contributed by atoms with Gasteiger partial charge >= 0.3 is 11.9 Å². The van der Waals surface area contributed by atoms with Gasteiger partial charge in [0.2, 0.25) is 112 Å². The lowest BCUT2D eigenvalue weighted by Gasteiger charge is -2.29. The Balaban J connectivity index is 2.51. The molecule has 0 saturated carbocycles. The van der Waals surface area contributed by atoms with E-state index in [1.54, 1.807) is 13.8 Å². The van der Waals surface area contributed by atoms with Gasteiger partial charge in [-0.2, -0.15) is 0 Å². The minimum Gasteiger partial charge on any atom is -0.481 e. The van der Waals surface area contributed by atoms with Crippen LogP contribution in [0.1, 0.15) is 201 Å². The Labute approximate surface area is 810 Å². The minimum absolute atomic E-state index is 0.00195. The molecule has 140 heavy (non-hydrogen) atoms. The Bertz CT molecular complexity index is 4470. The molecule has 2 aromatic rings. The maximum absolute atomic E-state index is 14.7. The van der Waals surface area contributed by atoms with E-state index in [2.05, 4.69) is 106 Å². The van der Waals surface area contributed by atoms with Crippen LogP contribution < -0.4 is 142 Å². The Morgan fingerprint density at radius 2 is 0.707 bits per heavy atom. The molecule has 0 aliphatic heterocycles. The third-order valence-corrected chi connectivity index (χ3v) is 21.5. The third-order valence-electron chi connectivity index (χ3n) is 21.5. The highest BCUT2D eigenvalue weighted by Gasteiger charge is 2.40. The summed E-state index contributed by atoms with van der Waals surface area (Å²) in [6, 6.07) is -14.5. The van der Waals surface area contributed by atoms with Gasteiger partial charge in [-0.05, 0) is 166 Å². The number of nitrogens with zero attached hydrogens (tertiary/aromatic N) is 1. The van der Waals surface area contributed by atoms with E-state index < -0.39 is 284 Å². The number of imidazole rings is 1. The molecule has 53 heteroatoms. The zero-order valence-electron chi connectivity index (χ0n) is 80.5. The van der Waals surface area contributed by atoms with Gasteiger partial charge in [0.05, 0.1) is 25.7 Å². The predicted molar refractivity (Wildman–Crippen MR) is 507 cm³/mol. The Morgan fingerprint density at radius 1 is 0.357 bits per heavy atom. The van der Waals surface area contributed by atoms with Crippen LogP contribution in [-0.4, -0.2) is 286 Å². The normalized spacial score (nSPS) is 14.3. The van der Waals surface area contributed by atoms with Crippen molar-refractivity contribution < 1.29 is 111 Å². The number of guanidine groups is 2. The van der Waals surface area contributed by atoms with E-state index in [-0.39, 0.29) is 127 Å². The summed E-state index contributed by atoms with van der Waals surface area (Å²) < 4.78 is 0. The van der Waals surface area contributed by atoms with Gasteiger partial charge in [0.15, 0.2) is 11.9 Å². The molecule has 39 N–H and O–H groups in total. The molecule has 1 aromatic heterocycles. The summed E-state index contributed by atoms with van der Waals surface area (Å²) in [7, 11) is 0. The third kappa shape index (κ3) is 49.7. The van der Waals surface area contributed by atoms with Crippen molar-refractivity contribution >= 4 is 136 Å². The Hall–Kier alpha value is -14.3. The molecular weight excluding hydrogens is 1830 g/mol. The SMILES string of the molecule is CC(C)CC(NC(=O)C(C)NC(=O)CNC(=O)C(CCCCN)NC(=O)C(CCCNC(=N)N)NC(=O)C(C)NC(=O)CCc1ccccc1)C(=O)NC(CCCNC(=N)N)C(=O)NC(CCC(N)=O)C(=O)NC(CCCCN)C(=O)NC(CC(N)=O)C(=O)NC(C(=O)NC(Cc1cnc[nH]1)C(=O)NC(CCC(=O)O)C(=O)NC(C(=O)NC(CCCCN)C(=O)NC(CC(N)=O)C(=O)O)C(C)C)C(C)C. The van der Waals surface area contributed by atoms with Crippen molar-refractivity contribution in [3.8, 4) is 0 Å². The van der Waals surface area contributed by atoms with Gasteiger partial charge in [0.1, 0.15) is 90.6 Å². The molecule has 0 aliphatic rings. The number of unbranched alkanes of at least 4 members (excludes halogenated alkanes) is 3. The van der Waals surface area contributed by atoms with Crippen LogP contribution in [0.3, 0.4) is 0 Å². The fraction of sp³-hybridized carbons (Fsp3) is 0.632. The second-order valence-electron chi connectivity index (χ2n) is 34.8. The van der Waals surface area contributed by atoms with Gasteiger partial charge in [-0.15, -0.1) is 0 Å². The minimum atomic E-state index is -1.96. The van der Waals surface area contributed by atoms with Crippen LogP contribution in [0.25, 0.3) is 0 Å². The first-order valence-electron chi connectivity index (χ1n) is 46.4. The van der Waals surface area contributed by atoms with E-state index in [1.807, 2.05) is 30.3 Å². The summed E-state index contributed by atoms with van der Waals surface area (Å²) in [5.41, 5.74) is 45.7. The number of carbonyl (C=O) groups is 21. The van der Waals surface area contributed by atoms with E-state index in [9.17, 15) is 111 Å². The van der Waals surface area contributed by atoms with E-state index in [1.165, 1.54) is 54.1 Å². The highest BCUT2D eigenvalue weighted by Crippen LogP contribution is 2.16. The van der Waals surface area contributed by atoms with Crippen molar-refractivity contribution in [1.29, 1.82) is 10.8 Å². The van der Waals surface area contributed by atoms with E-state index >= 15 is 0 Å². The van der Waals surface area contributed by atoms with Gasteiger partial charge in [0.25, 0.3) is 0 Å². The number of benzene rings is 1. The number of hydrogen-bond donors (Lipinski definition) is 31. The fourth-order valence-electron chi connectivity index (χ4n) is 13.8. The molecule has 0 aliphatic carbocycles. The number of aromatic amines is 1. The van der Waals surface area contributed by atoms with E-state index in [0.717, 1.165) is 5.56 Å². The lowest BCUT2D eigenvalue weighted by Crippen LogP contribution is -2.62. The van der Waals surface area contributed by atoms with Gasteiger partial charge in [-0.3, -0.25) is 107 Å². The number of carbonyl (C=O) groups excluding carboxylic acids is 19. The number of carboxylic acid groups (broad SMARTS) is 2. The van der Waals surface area contributed by atoms with E-state index in [0.29, 0.717) is 25.7 Å². The first-order valence-corrected chi connectivity index (χ1v) is 46.4.